The quantitative estimate of drug-likeness (QED) is 0.0327. The van der Waals surface area contributed by atoms with Gasteiger partial charge in [-0.3, -0.25) is 9.69 Å². The lowest BCUT2D eigenvalue weighted by Crippen LogP contribution is -2.38. The Kier molecular flexibility index (Phi) is 46.9. The summed E-state index contributed by atoms with van der Waals surface area (Å²) in [5, 5.41) is 21.8. The Morgan fingerprint density at radius 3 is 1.31 bits per heavy atom. The second-order valence-corrected chi connectivity index (χ2v) is 17.1. The van der Waals surface area contributed by atoms with E-state index in [2.05, 4.69) is 45.2 Å². The first-order valence-corrected chi connectivity index (χ1v) is 24.9. The van der Waals surface area contributed by atoms with Crippen molar-refractivity contribution in [1.82, 2.24) is 4.90 Å². The van der Waals surface area contributed by atoms with Crippen molar-refractivity contribution in [3.63, 3.8) is 0 Å². The van der Waals surface area contributed by atoms with Gasteiger partial charge in [0, 0.05) is 19.5 Å². The highest BCUT2D eigenvalue weighted by atomic mass is 32.1. The molecule has 0 aromatic rings. The Hall–Kier alpha value is -0.300. The fourth-order valence-electron chi connectivity index (χ4n) is 7.59. The largest absolute Gasteiger partial charge is 0.462 e. The fraction of sp³-hybridized carbons (Fsp3) is 0.979. The van der Waals surface area contributed by atoms with E-state index in [0.717, 1.165) is 95.3 Å². The Morgan fingerprint density at radius 1 is 0.519 bits per heavy atom. The molecule has 0 heterocycles. The van der Waals surface area contributed by atoms with E-state index in [4.69, 9.17) is 4.74 Å². The van der Waals surface area contributed by atoms with E-state index in [0.29, 0.717) is 19.5 Å². The van der Waals surface area contributed by atoms with Gasteiger partial charge in [-0.15, -0.1) is 0 Å². The van der Waals surface area contributed by atoms with E-state index in [1.165, 1.54) is 128 Å². The lowest BCUT2D eigenvalue weighted by molar-refractivity contribution is -0.150. The standard InChI is InChI=1S/C46H93NO4S.C2H6/c1-5-8-11-14-17-26-35-45(36-27-18-15-12-9-6-2)51-46(50)37-28-21-25-34-44(49)41-47(38-29-30-39-52)40-43(48)33-24-20-19-23-32-42(4)31-22-16-13-10-7-3;1-2/h42-45,48-49,52H,5-41H2,1-4H3;1-2H3. The molecule has 0 saturated carbocycles. The molecule has 0 amide bonds. The molecular weight excluding hydrogens is 687 g/mol. The average Bonchev–Trinajstić information content (AvgIpc) is 3.16. The molecule has 0 aromatic heterocycles. The number of ether oxygens (including phenoxy) is 1. The average molecular weight is 786 g/mol. The molecule has 326 valence electrons. The van der Waals surface area contributed by atoms with Gasteiger partial charge in [0.2, 0.25) is 0 Å². The lowest BCUT2D eigenvalue weighted by Gasteiger charge is -2.27. The van der Waals surface area contributed by atoms with Gasteiger partial charge in [-0.1, -0.05) is 189 Å². The maximum atomic E-state index is 12.8. The van der Waals surface area contributed by atoms with Crippen molar-refractivity contribution in [2.45, 2.75) is 272 Å². The number of nitrogens with zero attached hydrogens (tertiary/aromatic N) is 1. The monoisotopic (exact) mass is 786 g/mol. The van der Waals surface area contributed by atoms with Gasteiger partial charge in [0.25, 0.3) is 0 Å². The van der Waals surface area contributed by atoms with E-state index in [-0.39, 0.29) is 18.2 Å². The molecule has 3 unspecified atom stereocenters. The van der Waals surface area contributed by atoms with Crippen LogP contribution >= 0.6 is 12.6 Å². The van der Waals surface area contributed by atoms with Crippen molar-refractivity contribution in [2.75, 3.05) is 25.4 Å². The number of carbonyl (C=O) groups excluding carboxylic acids is 1. The zero-order valence-corrected chi connectivity index (χ0v) is 38.5. The van der Waals surface area contributed by atoms with Gasteiger partial charge in [-0.2, -0.15) is 12.6 Å². The van der Waals surface area contributed by atoms with Crippen molar-refractivity contribution in [3.05, 3.63) is 0 Å². The first-order chi connectivity index (χ1) is 26.4. The number of unbranched alkanes of at least 4 members (excludes halogenated alkanes) is 20. The summed E-state index contributed by atoms with van der Waals surface area (Å²) >= 11 is 4.38. The summed E-state index contributed by atoms with van der Waals surface area (Å²) < 4.78 is 6.02. The molecule has 54 heavy (non-hydrogen) atoms. The summed E-state index contributed by atoms with van der Waals surface area (Å²) in [5.74, 6) is 1.69. The molecule has 3 atom stereocenters. The third-order valence-corrected chi connectivity index (χ3v) is 11.4. The van der Waals surface area contributed by atoms with Crippen LogP contribution in [0.25, 0.3) is 0 Å². The Bertz CT molecular complexity index is 709. The van der Waals surface area contributed by atoms with Gasteiger partial charge in [-0.25, -0.2) is 0 Å². The highest BCUT2D eigenvalue weighted by Crippen LogP contribution is 2.20. The molecule has 2 N–H and O–H groups in total. The zero-order chi connectivity index (χ0) is 40.3. The van der Waals surface area contributed by atoms with Crippen LogP contribution in [0.15, 0.2) is 0 Å². The van der Waals surface area contributed by atoms with Gasteiger partial charge in [0.1, 0.15) is 6.10 Å². The summed E-state index contributed by atoms with van der Waals surface area (Å²) in [5.41, 5.74) is 0. The van der Waals surface area contributed by atoms with E-state index in [1.54, 1.807) is 0 Å². The van der Waals surface area contributed by atoms with Crippen LogP contribution in [-0.4, -0.2) is 64.8 Å². The predicted octanol–water partition coefficient (Wildman–Crippen LogP) is 14.4. The predicted molar refractivity (Wildman–Crippen MR) is 242 cm³/mol. The van der Waals surface area contributed by atoms with Crippen LogP contribution in [0.4, 0.5) is 0 Å². The molecule has 5 nitrogen and oxygen atoms in total. The van der Waals surface area contributed by atoms with E-state index >= 15 is 0 Å². The number of esters is 1. The highest BCUT2D eigenvalue weighted by molar-refractivity contribution is 7.80. The van der Waals surface area contributed by atoms with Crippen molar-refractivity contribution < 1.29 is 19.7 Å². The van der Waals surface area contributed by atoms with Gasteiger partial charge >= 0.3 is 5.97 Å². The second kappa shape index (κ2) is 45.4. The molecule has 0 aliphatic rings. The number of rotatable bonds is 42. The molecule has 0 fully saturated rings. The number of aliphatic hydroxyl groups is 2. The fourth-order valence-corrected chi connectivity index (χ4v) is 7.81. The summed E-state index contributed by atoms with van der Waals surface area (Å²) in [6.07, 6.45) is 38.0. The van der Waals surface area contributed by atoms with Crippen LogP contribution in [0.2, 0.25) is 0 Å². The first-order valence-electron chi connectivity index (χ1n) is 24.2. The van der Waals surface area contributed by atoms with Gasteiger partial charge in [0.05, 0.1) is 12.2 Å². The van der Waals surface area contributed by atoms with Crippen LogP contribution in [-0.2, 0) is 9.53 Å². The van der Waals surface area contributed by atoms with Crippen LogP contribution in [0, 0.1) is 5.92 Å². The number of thiol groups is 1. The van der Waals surface area contributed by atoms with Gasteiger partial charge < -0.3 is 14.9 Å². The topological polar surface area (TPSA) is 70.0 Å². The van der Waals surface area contributed by atoms with Gasteiger partial charge in [0.15, 0.2) is 0 Å². The summed E-state index contributed by atoms with van der Waals surface area (Å²) in [6.45, 7) is 15.4. The minimum Gasteiger partial charge on any atom is -0.462 e. The summed E-state index contributed by atoms with van der Waals surface area (Å²) in [4.78, 5) is 15.0. The normalized spacial score (nSPS) is 13.2. The maximum absolute atomic E-state index is 12.8. The van der Waals surface area contributed by atoms with Crippen molar-refractivity contribution in [2.24, 2.45) is 5.92 Å². The van der Waals surface area contributed by atoms with Crippen molar-refractivity contribution in [1.29, 1.82) is 0 Å². The van der Waals surface area contributed by atoms with Crippen LogP contribution in [0.3, 0.4) is 0 Å². The number of hydrogen-bond donors (Lipinski definition) is 3. The zero-order valence-electron chi connectivity index (χ0n) is 37.6. The molecule has 0 rings (SSSR count). The van der Waals surface area contributed by atoms with E-state index < -0.39 is 6.10 Å². The molecule has 0 aliphatic heterocycles. The molecule has 0 saturated heterocycles. The minimum absolute atomic E-state index is 0.0328. The highest BCUT2D eigenvalue weighted by Gasteiger charge is 2.17. The number of hydrogen-bond acceptors (Lipinski definition) is 6. The maximum Gasteiger partial charge on any atom is 0.306 e. The molecule has 0 bridgehead atoms. The van der Waals surface area contributed by atoms with E-state index in [1.807, 2.05) is 13.8 Å². The molecule has 0 radical (unpaired) electrons. The SMILES string of the molecule is CC.CCCCCCCCC(CCCCCCCC)OC(=O)CCCCCC(O)CN(CCCCS)CC(O)CCCCCCC(C)CCCCCCC. The van der Waals surface area contributed by atoms with Crippen molar-refractivity contribution >= 4 is 18.6 Å². The molecule has 6 heteroatoms. The Labute approximate surface area is 345 Å². The molecule has 0 aromatic carbocycles. The summed E-state index contributed by atoms with van der Waals surface area (Å²) in [7, 11) is 0. The van der Waals surface area contributed by atoms with Crippen LogP contribution in [0.1, 0.15) is 253 Å². The number of carbonyl (C=O) groups is 1. The Balaban J connectivity index is 0. The van der Waals surface area contributed by atoms with Crippen LogP contribution in [0.5, 0.6) is 0 Å². The molecule has 0 spiro atoms. The van der Waals surface area contributed by atoms with Crippen LogP contribution < -0.4 is 0 Å². The first kappa shape index (κ1) is 55.8. The number of aliphatic hydroxyl groups excluding tert-OH is 2. The van der Waals surface area contributed by atoms with E-state index in [9.17, 15) is 15.0 Å². The van der Waals surface area contributed by atoms with Gasteiger partial charge in [-0.05, 0) is 76.0 Å². The Morgan fingerprint density at radius 2 is 0.889 bits per heavy atom. The molecule has 0 aliphatic carbocycles. The smallest absolute Gasteiger partial charge is 0.306 e. The lowest BCUT2D eigenvalue weighted by atomic mass is 9.96. The van der Waals surface area contributed by atoms with Crippen molar-refractivity contribution in [3.8, 4) is 0 Å². The minimum atomic E-state index is -0.400. The third-order valence-electron chi connectivity index (χ3n) is 11.1. The third kappa shape index (κ3) is 41.3. The summed E-state index contributed by atoms with van der Waals surface area (Å²) in [6, 6.07) is 0. The second-order valence-electron chi connectivity index (χ2n) is 16.6. The molecular formula is C48H99NO4S.